The van der Waals surface area contributed by atoms with Crippen molar-refractivity contribution < 1.29 is 13.2 Å². The molecule has 0 aromatic heterocycles. The van der Waals surface area contributed by atoms with Gasteiger partial charge in [0.1, 0.15) is 0 Å². The van der Waals surface area contributed by atoms with Gasteiger partial charge >= 0.3 is 0 Å². The maximum atomic E-state index is 11.8. The van der Waals surface area contributed by atoms with Crippen LogP contribution >= 0.6 is 0 Å². The molecule has 1 aliphatic heterocycles. The molecule has 0 saturated carbocycles. The fraction of sp³-hybridized carbons (Fsp3) is 0.917. The van der Waals surface area contributed by atoms with Crippen molar-refractivity contribution in [1.29, 1.82) is 0 Å². The normalized spacial score (nSPS) is 25.4. The molecule has 2 atom stereocenters. The summed E-state index contributed by atoms with van der Waals surface area (Å²) in [7, 11) is -3.20. The predicted octanol–water partition coefficient (Wildman–Crippen LogP) is -0.664. The molecule has 0 bridgehead atoms. The first-order valence-corrected chi connectivity index (χ1v) is 8.59. The summed E-state index contributed by atoms with van der Waals surface area (Å²) < 4.78 is 23.6. The molecular weight excluding hydrogens is 266 g/mol. The lowest BCUT2D eigenvalue weighted by molar-refractivity contribution is -0.117. The summed E-state index contributed by atoms with van der Waals surface area (Å²) in [5.41, 5.74) is 10.6. The van der Waals surface area contributed by atoms with E-state index in [4.69, 9.17) is 11.5 Å². The minimum atomic E-state index is -3.20. The van der Waals surface area contributed by atoms with Gasteiger partial charge in [-0.15, -0.1) is 0 Å². The number of nitrogens with two attached hydrogens (primary N) is 2. The minimum Gasteiger partial charge on any atom is -0.370 e. The summed E-state index contributed by atoms with van der Waals surface area (Å²) in [6.45, 7) is 4.14. The fourth-order valence-corrected chi connectivity index (χ4v) is 3.61. The highest BCUT2D eigenvalue weighted by atomic mass is 32.2. The maximum absolute atomic E-state index is 11.8. The first kappa shape index (κ1) is 16.4. The number of sulfone groups is 1. The van der Waals surface area contributed by atoms with Crippen LogP contribution in [0.3, 0.4) is 0 Å². The number of nitrogens with zero attached hydrogens (tertiary/aromatic N) is 1. The molecule has 19 heavy (non-hydrogen) atoms. The minimum absolute atomic E-state index is 0.0852. The van der Waals surface area contributed by atoms with Crippen LogP contribution in [-0.2, 0) is 14.6 Å². The van der Waals surface area contributed by atoms with Crippen LogP contribution in [0.2, 0.25) is 0 Å². The Kier molecular flexibility index (Phi) is 6.22. The molecule has 2 unspecified atom stereocenters. The van der Waals surface area contributed by atoms with E-state index in [1.165, 1.54) is 0 Å². The highest BCUT2D eigenvalue weighted by Gasteiger charge is 2.25. The van der Waals surface area contributed by atoms with E-state index in [2.05, 4.69) is 11.8 Å². The number of hydrogen-bond acceptors (Lipinski definition) is 5. The average molecular weight is 291 g/mol. The van der Waals surface area contributed by atoms with E-state index in [-0.39, 0.29) is 17.9 Å². The van der Waals surface area contributed by atoms with E-state index in [1.54, 1.807) is 0 Å². The zero-order chi connectivity index (χ0) is 14.5. The Morgan fingerprint density at radius 2 is 2.00 bits per heavy atom. The number of amides is 1. The molecule has 0 aliphatic carbocycles. The Labute approximate surface area is 115 Å². The Bertz CT molecular complexity index is 397. The summed E-state index contributed by atoms with van der Waals surface area (Å²) in [5.74, 6) is -0.171. The van der Waals surface area contributed by atoms with Gasteiger partial charge in [-0.25, -0.2) is 8.42 Å². The smallest absolute Gasteiger partial charge is 0.218 e. The molecule has 112 valence electrons. The first-order valence-electron chi connectivity index (χ1n) is 6.77. The SMILES string of the molecule is CC1CCC(CN)CN1CCS(=O)(=O)CCC(N)=O. The van der Waals surface area contributed by atoms with E-state index in [1.807, 2.05) is 0 Å². The van der Waals surface area contributed by atoms with Crippen LogP contribution in [-0.4, -0.2) is 56.4 Å². The van der Waals surface area contributed by atoms with Crippen LogP contribution in [0, 0.1) is 5.92 Å². The lowest BCUT2D eigenvalue weighted by atomic mass is 9.94. The van der Waals surface area contributed by atoms with Crippen molar-refractivity contribution in [3.8, 4) is 0 Å². The van der Waals surface area contributed by atoms with Gasteiger partial charge in [0.05, 0.1) is 11.5 Å². The Hall–Kier alpha value is -0.660. The van der Waals surface area contributed by atoms with E-state index in [0.717, 1.165) is 19.4 Å². The quantitative estimate of drug-likeness (QED) is 0.647. The Morgan fingerprint density at radius 3 is 2.58 bits per heavy atom. The van der Waals surface area contributed by atoms with Crippen molar-refractivity contribution in [2.75, 3.05) is 31.1 Å². The van der Waals surface area contributed by atoms with Gasteiger partial charge in [-0.3, -0.25) is 9.69 Å². The van der Waals surface area contributed by atoms with Gasteiger partial charge in [0.15, 0.2) is 9.84 Å². The molecule has 1 saturated heterocycles. The topological polar surface area (TPSA) is 106 Å². The summed E-state index contributed by atoms with van der Waals surface area (Å²) in [6.07, 6.45) is 2.08. The lowest BCUT2D eigenvalue weighted by Gasteiger charge is -2.37. The second-order valence-electron chi connectivity index (χ2n) is 5.39. The third-order valence-corrected chi connectivity index (χ3v) is 5.42. The molecule has 0 aromatic rings. The van der Waals surface area contributed by atoms with E-state index >= 15 is 0 Å². The molecule has 7 heteroatoms. The number of piperidine rings is 1. The summed E-state index contributed by atoms with van der Waals surface area (Å²) >= 11 is 0. The van der Waals surface area contributed by atoms with Gasteiger partial charge in [0, 0.05) is 25.6 Å². The molecule has 0 spiro atoms. The molecular formula is C12H25N3O3S. The molecule has 1 amide bonds. The van der Waals surface area contributed by atoms with Crippen LogP contribution in [0.25, 0.3) is 0 Å². The zero-order valence-electron chi connectivity index (χ0n) is 11.5. The highest BCUT2D eigenvalue weighted by Crippen LogP contribution is 2.20. The third kappa shape index (κ3) is 5.88. The number of rotatable bonds is 7. The number of primary amides is 1. The number of hydrogen-bond donors (Lipinski definition) is 2. The Balaban J connectivity index is 2.43. The third-order valence-electron chi connectivity index (χ3n) is 3.79. The van der Waals surface area contributed by atoms with Gasteiger partial charge in [0.2, 0.25) is 5.91 Å². The van der Waals surface area contributed by atoms with Crippen molar-refractivity contribution in [3.05, 3.63) is 0 Å². The molecule has 1 fully saturated rings. The number of carbonyl (C=O) groups is 1. The summed E-state index contributed by atoms with van der Waals surface area (Å²) in [4.78, 5) is 12.8. The molecule has 1 aliphatic rings. The first-order chi connectivity index (χ1) is 8.84. The molecule has 1 rings (SSSR count). The van der Waals surface area contributed by atoms with Gasteiger partial charge in [-0.05, 0) is 32.2 Å². The maximum Gasteiger partial charge on any atom is 0.218 e. The van der Waals surface area contributed by atoms with Crippen LogP contribution in [0.1, 0.15) is 26.2 Å². The monoisotopic (exact) mass is 291 g/mol. The Morgan fingerprint density at radius 1 is 1.32 bits per heavy atom. The van der Waals surface area contributed by atoms with Crippen LogP contribution < -0.4 is 11.5 Å². The molecule has 4 N–H and O–H groups in total. The van der Waals surface area contributed by atoms with Crippen molar-refractivity contribution in [3.63, 3.8) is 0 Å². The second kappa shape index (κ2) is 7.21. The standard InChI is InChI=1S/C12H25N3O3S/c1-10-2-3-11(8-13)9-15(10)5-7-19(17,18)6-4-12(14)16/h10-11H,2-9,13H2,1H3,(H2,14,16). The van der Waals surface area contributed by atoms with Crippen molar-refractivity contribution >= 4 is 15.7 Å². The van der Waals surface area contributed by atoms with Gasteiger partial charge < -0.3 is 11.5 Å². The molecule has 0 radical (unpaired) electrons. The molecule has 1 heterocycles. The van der Waals surface area contributed by atoms with E-state index < -0.39 is 15.7 Å². The average Bonchev–Trinajstić information content (AvgIpc) is 2.36. The van der Waals surface area contributed by atoms with E-state index in [9.17, 15) is 13.2 Å². The van der Waals surface area contributed by atoms with Crippen molar-refractivity contribution in [2.45, 2.75) is 32.2 Å². The van der Waals surface area contributed by atoms with Crippen molar-refractivity contribution in [1.82, 2.24) is 4.90 Å². The van der Waals surface area contributed by atoms with Crippen LogP contribution in [0.15, 0.2) is 0 Å². The summed E-state index contributed by atoms with van der Waals surface area (Å²) in [5, 5.41) is 0. The molecule has 6 nitrogen and oxygen atoms in total. The number of likely N-dealkylation sites (tertiary alicyclic amines) is 1. The van der Waals surface area contributed by atoms with Crippen molar-refractivity contribution in [2.24, 2.45) is 17.4 Å². The van der Waals surface area contributed by atoms with Gasteiger partial charge in [0.25, 0.3) is 0 Å². The lowest BCUT2D eigenvalue weighted by Crippen LogP contribution is -2.45. The predicted molar refractivity (Wildman–Crippen MR) is 75.3 cm³/mol. The van der Waals surface area contributed by atoms with E-state index in [0.29, 0.717) is 25.0 Å². The van der Waals surface area contributed by atoms with Crippen LogP contribution in [0.4, 0.5) is 0 Å². The number of carbonyl (C=O) groups excluding carboxylic acids is 1. The largest absolute Gasteiger partial charge is 0.370 e. The fourth-order valence-electron chi connectivity index (χ4n) is 2.38. The summed E-state index contributed by atoms with van der Waals surface area (Å²) in [6, 6.07) is 0.397. The van der Waals surface area contributed by atoms with Gasteiger partial charge in [-0.1, -0.05) is 0 Å². The molecule has 0 aromatic carbocycles. The highest BCUT2D eigenvalue weighted by molar-refractivity contribution is 7.91. The van der Waals surface area contributed by atoms with Crippen LogP contribution in [0.5, 0.6) is 0 Å². The second-order valence-corrected chi connectivity index (χ2v) is 7.69. The van der Waals surface area contributed by atoms with Gasteiger partial charge in [-0.2, -0.15) is 0 Å². The zero-order valence-corrected chi connectivity index (χ0v) is 12.4.